The third kappa shape index (κ3) is 6.18. The quantitative estimate of drug-likeness (QED) is 0.112. The lowest BCUT2D eigenvalue weighted by molar-refractivity contribution is 0.345. The number of nitrogens with zero attached hydrogens (tertiary/aromatic N) is 12. The molecular formula is C21H30N18O3. The highest BCUT2D eigenvalue weighted by molar-refractivity contribution is 5.27. The Kier molecular flexibility index (Phi) is 7.92. The van der Waals surface area contributed by atoms with Crippen LogP contribution in [-0.4, -0.2) is 58.6 Å². The molecule has 4 aromatic rings. The summed E-state index contributed by atoms with van der Waals surface area (Å²) in [6.45, 7) is 4.73. The van der Waals surface area contributed by atoms with Gasteiger partial charge in [0.15, 0.2) is 0 Å². The van der Waals surface area contributed by atoms with E-state index in [4.69, 9.17) is 34.4 Å². The van der Waals surface area contributed by atoms with E-state index in [0.29, 0.717) is 0 Å². The summed E-state index contributed by atoms with van der Waals surface area (Å²) in [6, 6.07) is -2.60. The van der Waals surface area contributed by atoms with Crippen molar-refractivity contribution in [2.24, 2.45) is 0 Å². The molecule has 4 aromatic heterocycles. The summed E-state index contributed by atoms with van der Waals surface area (Å²) in [5.41, 5.74) is 31.4. The van der Waals surface area contributed by atoms with Gasteiger partial charge >= 0.3 is 17.1 Å². The molecule has 0 saturated carbocycles. The van der Waals surface area contributed by atoms with E-state index in [-0.39, 0.29) is 72.4 Å². The highest BCUT2D eigenvalue weighted by Gasteiger charge is 2.27. The Morgan fingerprint density at radius 3 is 0.810 bits per heavy atom. The van der Waals surface area contributed by atoms with Crippen molar-refractivity contribution in [1.29, 1.82) is 0 Å². The Bertz CT molecular complexity index is 1510. The molecule has 0 spiro atoms. The molecule has 4 heterocycles. The predicted octanol–water partition coefficient (Wildman–Crippen LogP) is -3.37. The third-order valence-electron chi connectivity index (χ3n) is 6.14. The average molecular weight is 583 g/mol. The molecule has 0 aliphatic rings. The van der Waals surface area contributed by atoms with Gasteiger partial charge in [-0.15, -0.1) is 0 Å². The molecule has 42 heavy (non-hydrogen) atoms. The van der Waals surface area contributed by atoms with Crippen LogP contribution < -0.4 is 51.5 Å². The minimum Gasteiger partial charge on any atom is -0.368 e. The topological polar surface area (TPSA) is 338 Å². The van der Waals surface area contributed by atoms with Gasteiger partial charge in [-0.2, -0.15) is 44.9 Å². The van der Waals surface area contributed by atoms with Crippen molar-refractivity contribution in [3.05, 3.63) is 48.9 Å². The number of nitrogens with two attached hydrogens (primary N) is 6. The molecule has 0 aliphatic carbocycles. The smallest absolute Gasteiger partial charge is 0.336 e. The second kappa shape index (κ2) is 11.4. The maximum absolute atomic E-state index is 13.8. The molecule has 0 fully saturated rings. The van der Waals surface area contributed by atoms with E-state index in [2.05, 4.69) is 44.9 Å². The molecule has 0 radical (unpaired) electrons. The fourth-order valence-electron chi connectivity index (χ4n) is 4.44. The van der Waals surface area contributed by atoms with Crippen LogP contribution in [0.15, 0.2) is 14.4 Å². The van der Waals surface area contributed by atoms with Crippen molar-refractivity contribution in [3.8, 4) is 0 Å². The molecule has 21 nitrogen and oxygen atoms in total. The summed E-state index contributed by atoms with van der Waals surface area (Å²) in [4.78, 5) is 76.8. The second-order valence-electron chi connectivity index (χ2n) is 9.52. The zero-order chi connectivity index (χ0) is 30.9. The normalized spacial score (nSPS) is 13.5. The van der Waals surface area contributed by atoms with Crippen LogP contribution in [-0.2, 0) is 19.3 Å². The van der Waals surface area contributed by atoms with Gasteiger partial charge in [0, 0.05) is 37.4 Å². The molecule has 0 saturated heterocycles. The Morgan fingerprint density at radius 1 is 0.429 bits per heavy atom. The molecule has 12 N–H and O–H groups in total. The number of hydrogen-bond donors (Lipinski definition) is 6. The fraction of sp³-hybridized carbons (Fsp3) is 0.429. The number of rotatable bonds is 9. The summed E-state index contributed by atoms with van der Waals surface area (Å²) in [5, 5.41) is 0. The lowest BCUT2D eigenvalue weighted by Crippen LogP contribution is -2.57. The Morgan fingerprint density at radius 2 is 0.619 bits per heavy atom. The van der Waals surface area contributed by atoms with E-state index in [0.717, 1.165) is 13.7 Å². The Balaban J connectivity index is 1.85. The van der Waals surface area contributed by atoms with Crippen LogP contribution in [0.2, 0.25) is 0 Å². The first kappa shape index (κ1) is 29.2. The predicted molar refractivity (Wildman–Crippen MR) is 150 cm³/mol. The van der Waals surface area contributed by atoms with Crippen LogP contribution in [0.1, 0.15) is 56.4 Å². The molecule has 222 valence electrons. The van der Waals surface area contributed by atoms with Crippen LogP contribution >= 0.6 is 0 Å². The number of hydrogen-bond acceptors (Lipinski definition) is 18. The van der Waals surface area contributed by atoms with E-state index < -0.39 is 35.2 Å². The van der Waals surface area contributed by atoms with Crippen LogP contribution in [0.3, 0.4) is 0 Å². The molecule has 3 unspecified atom stereocenters. The van der Waals surface area contributed by atoms with Gasteiger partial charge in [0.1, 0.15) is 17.5 Å². The molecule has 0 amide bonds. The van der Waals surface area contributed by atoms with Crippen molar-refractivity contribution in [2.75, 3.05) is 34.4 Å². The van der Waals surface area contributed by atoms with E-state index in [9.17, 15) is 14.4 Å². The third-order valence-corrected chi connectivity index (χ3v) is 6.14. The van der Waals surface area contributed by atoms with E-state index in [1.54, 1.807) is 20.8 Å². The van der Waals surface area contributed by atoms with Gasteiger partial charge in [-0.05, 0) is 20.8 Å². The number of aromatic nitrogens is 12. The lowest BCUT2D eigenvalue weighted by Gasteiger charge is -2.23. The van der Waals surface area contributed by atoms with Crippen molar-refractivity contribution in [3.63, 3.8) is 0 Å². The van der Waals surface area contributed by atoms with E-state index >= 15 is 0 Å². The monoisotopic (exact) mass is 582 g/mol. The molecule has 21 heteroatoms. The standard InChI is InChI=1S/C21H30N18O3/c1-7(4-10-28-13(22)34-14(23)29-10)37-19(40)38(8(2)5-11-30-15(24)35-16(25)31-11)21(42)39(20(37)41)9(3)6-12-32-17(26)36-18(27)33-12/h7-9H,4-6H2,1-3H3,(H4,22,23,28,29,34)(H4,24,25,30,31,35)(H4,26,27,32,33,36). The van der Waals surface area contributed by atoms with Crippen molar-refractivity contribution in [2.45, 2.75) is 58.2 Å². The SMILES string of the molecule is CC(Cc1nc(N)nc(N)n1)n1c(=O)n(C(C)Cc2nc(N)nc(N)n2)c(=O)n(C(C)Cc2nc(N)nc(N)n2)c1=O. The van der Waals surface area contributed by atoms with Crippen LogP contribution in [0, 0.1) is 0 Å². The summed E-state index contributed by atoms with van der Waals surface area (Å²) >= 11 is 0. The van der Waals surface area contributed by atoms with Crippen LogP contribution in [0.4, 0.5) is 35.7 Å². The van der Waals surface area contributed by atoms with Gasteiger partial charge in [-0.25, -0.2) is 28.1 Å². The van der Waals surface area contributed by atoms with Gasteiger partial charge < -0.3 is 34.4 Å². The van der Waals surface area contributed by atoms with Crippen molar-refractivity contribution >= 4 is 35.7 Å². The van der Waals surface area contributed by atoms with Crippen LogP contribution in [0.25, 0.3) is 0 Å². The Hall–Kier alpha value is -5.76. The van der Waals surface area contributed by atoms with Crippen molar-refractivity contribution < 1.29 is 0 Å². The molecule has 4 rings (SSSR count). The van der Waals surface area contributed by atoms with Gasteiger partial charge in [-0.3, -0.25) is 0 Å². The maximum atomic E-state index is 13.8. The lowest BCUT2D eigenvalue weighted by atomic mass is 10.2. The van der Waals surface area contributed by atoms with Gasteiger partial charge in [0.05, 0.1) is 0 Å². The zero-order valence-corrected chi connectivity index (χ0v) is 22.9. The summed E-state index contributed by atoms with van der Waals surface area (Å²) in [5.74, 6) is -0.379. The maximum Gasteiger partial charge on any atom is 0.336 e. The minimum atomic E-state index is -0.896. The molecule has 3 atom stereocenters. The van der Waals surface area contributed by atoms with Gasteiger partial charge in [0.2, 0.25) is 35.7 Å². The minimum absolute atomic E-state index is 0.0475. The number of anilines is 6. The highest BCUT2D eigenvalue weighted by Crippen LogP contribution is 2.14. The second-order valence-corrected chi connectivity index (χ2v) is 9.52. The first-order chi connectivity index (χ1) is 19.7. The largest absolute Gasteiger partial charge is 0.368 e. The van der Waals surface area contributed by atoms with Gasteiger partial charge in [0.25, 0.3) is 0 Å². The summed E-state index contributed by atoms with van der Waals surface area (Å²) < 4.78 is 2.74. The van der Waals surface area contributed by atoms with E-state index in [1.807, 2.05) is 0 Å². The fourth-order valence-corrected chi connectivity index (χ4v) is 4.44. The molecule has 0 aliphatic heterocycles. The Labute approximate surface area is 236 Å². The molecular weight excluding hydrogens is 552 g/mol. The molecule has 0 bridgehead atoms. The van der Waals surface area contributed by atoms with Crippen molar-refractivity contribution in [1.82, 2.24) is 58.6 Å². The summed E-state index contributed by atoms with van der Waals surface area (Å²) in [7, 11) is 0. The zero-order valence-electron chi connectivity index (χ0n) is 22.9. The summed E-state index contributed by atoms with van der Waals surface area (Å²) in [6.07, 6.45) is -0.143. The van der Waals surface area contributed by atoms with Crippen LogP contribution in [0.5, 0.6) is 0 Å². The number of nitrogen functional groups attached to an aromatic ring is 6. The molecule has 0 aromatic carbocycles. The van der Waals surface area contributed by atoms with Gasteiger partial charge in [-0.1, -0.05) is 0 Å². The van der Waals surface area contributed by atoms with E-state index in [1.165, 1.54) is 0 Å². The first-order valence-corrected chi connectivity index (χ1v) is 12.5. The first-order valence-electron chi connectivity index (χ1n) is 12.5. The average Bonchev–Trinajstić information content (AvgIpc) is 2.81. The highest BCUT2D eigenvalue weighted by atomic mass is 16.2.